The molecule has 3 amide bonds. The lowest BCUT2D eigenvalue weighted by atomic mass is 9.85. The summed E-state index contributed by atoms with van der Waals surface area (Å²) in [5.41, 5.74) is 0. The Morgan fingerprint density at radius 3 is 2.90 bits per heavy atom. The molecule has 2 N–H and O–H groups in total. The Labute approximate surface area is 127 Å². The van der Waals surface area contributed by atoms with Crippen LogP contribution < -0.4 is 5.32 Å². The Morgan fingerprint density at radius 1 is 1.33 bits per heavy atom. The maximum absolute atomic E-state index is 12.5. The summed E-state index contributed by atoms with van der Waals surface area (Å²) in [5.74, 6) is 0.346. The minimum atomic E-state index is -0.937. The van der Waals surface area contributed by atoms with E-state index in [2.05, 4.69) is 5.32 Å². The molecule has 3 aliphatic rings. The quantitative estimate of drug-likeness (QED) is 0.720. The maximum atomic E-state index is 12.5. The molecule has 0 saturated carbocycles. The van der Waals surface area contributed by atoms with Gasteiger partial charge < -0.3 is 20.2 Å². The zero-order valence-electron chi connectivity index (χ0n) is 11.7. The number of urea groups is 1. The first-order valence-corrected chi connectivity index (χ1v) is 8.37. The number of aliphatic carboxylic acids is 1. The molecule has 3 aliphatic heterocycles. The molecule has 0 spiro atoms. The second-order valence-electron chi connectivity index (χ2n) is 5.81. The van der Waals surface area contributed by atoms with E-state index in [0.717, 1.165) is 12.8 Å². The zero-order chi connectivity index (χ0) is 15.0. The first kappa shape index (κ1) is 14.5. The third-order valence-corrected chi connectivity index (χ3v) is 5.52. The van der Waals surface area contributed by atoms with Crippen LogP contribution in [0.5, 0.6) is 0 Å². The number of amides is 3. The molecule has 3 unspecified atom stereocenters. The van der Waals surface area contributed by atoms with E-state index in [9.17, 15) is 19.5 Å². The number of hydrogen-bond acceptors (Lipinski definition) is 4. The van der Waals surface area contributed by atoms with Crippen LogP contribution >= 0.6 is 11.8 Å². The highest BCUT2D eigenvalue weighted by atomic mass is 32.2. The van der Waals surface area contributed by atoms with Gasteiger partial charge in [-0.2, -0.15) is 0 Å². The van der Waals surface area contributed by atoms with Crippen molar-refractivity contribution in [1.82, 2.24) is 15.1 Å². The van der Waals surface area contributed by atoms with Crippen LogP contribution in [0.2, 0.25) is 0 Å². The van der Waals surface area contributed by atoms with Crippen LogP contribution in [0, 0.1) is 5.92 Å². The number of rotatable bonds is 1. The maximum Gasteiger partial charge on any atom is 0.327 e. The van der Waals surface area contributed by atoms with E-state index in [4.69, 9.17) is 0 Å². The molecule has 0 bridgehead atoms. The first-order chi connectivity index (χ1) is 10.1. The normalized spacial score (nSPS) is 32.6. The van der Waals surface area contributed by atoms with E-state index in [0.29, 0.717) is 37.1 Å². The Morgan fingerprint density at radius 2 is 2.14 bits per heavy atom. The van der Waals surface area contributed by atoms with Crippen molar-refractivity contribution in [3.63, 3.8) is 0 Å². The second kappa shape index (κ2) is 5.75. The highest BCUT2D eigenvalue weighted by Crippen LogP contribution is 2.28. The molecule has 3 rings (SSSR count). The van der Waals surface area contributed by atoms with Gasteiger partial charge in [-0.1, -0.05) is 0 Å². The van der Waals surface area contributed by atoms with Crippen molar-refractivity contribution in [1.29, 1.82) is 0 Å². The second-order valence-corrected chi connectivity index (χ2v) is 6.81. The van der Waals surface area contributed by atoms with Gasteiger partial charge in [-0.25, -0.2) is 9.59 Å². The van der Waals surface area contributed by atoms with Gasteiger partial charge in [0.1, 0.15) is 6.04 Å². The predicted molar refractivity (Wildman–Crippen MR) is 76.8 cm³/mol. The molecule has 7 nitrogen and oxygen atoms in total. The van der Waals surface area contributed by atoms with Gasteiger partial charge in [-0.3, -0.25) is 4.79 Å². The van der Waals surface area contributed by atoms with Gasteiger partial charge in [0.2, 0.25) is 5.91 Å². The van der Waals surface area contributed by atoms with Gasteiger partial charge in [0.05, 0.1) is 5.88 Å². The fourth-order valence-corrected chi connectivity index (χ4v) is 4.44. The summed E-state index contributed by atoms with van der Waals surface area (Å²) in [7, 11) is 0. The number of fused-ring (bicyclic) bond motifs is 1. The lowest BCUT2D eigenvalue weighted by molar-refractivity contribution is -0.141. The van der Waals surface area contributed by atoms with Crippen LogP contribution in [-0.2, 0) is 9.59 Å². The van der Waals surface area contributed by atoms with Crippen LogP contribution in [0.4, 0.5) is 4.79 Å². The van der Waals surface area contributed by atoms with Crippen LogP contribution in [0.25, 0.3) is 0 Å². The Hall–Kier alpha value is -1.44. The molecule has 0 aromatic carbocycles. The number of carboxylic acid groups (broad SMARTS) is 1. The van der Waals surface area contributed by atoms with Crippen molar-refractivity contribution in [2.24, 2.45) is 5.92 Å². The highest BCUT2D eigenvalue weighted by Gasteiger charge is 2.40. The molecule has 0 aliphatic carbocycles. The summed E-state index contributed by atoms with van der Waals surface area (Å²) < 4.78 is 0. The smallest absolute Gasteiger partial charge is 0.327 e. The summed E-state index contributed by atoms with van der Waals surface area (Å²) in [6.45, 7) is 1.19. The first-order valence-electron chi connectivity index (χ1n) is 7.21. The van der Waals surface area contributed by atoms with Crippen LogP contribution in [-0.4, -0.2) is 69.6 Å². The molecule has 0 aromatic rings. The summed E-state index contributed by atoms with van der Waals surface area (Å²) in [6, 6.07) is -0.729. The average Bonchev–Trinajstić information content (AvgIpc) is 2.95. The molecule has 21 heavy (non-hydrogen) atoms. The molecule has 3 heterocycles. The summed E-state index contributed by atoms with van der Waals surface area (Å²) in [4.78, 5) is 38.3. The molecule has 3 fully saturated rings. The van der Waals surface area contributed by atoms with E-state index in [1.54, 1.807) is 4.90 Å². The Balaban J connectivity index is 1.64. The summed E-state index contributed by atoms with van der Waals surface area (Å²) in [5, 5.41) is 12.2. The topological polar surface area (TPSA) is 90.0 Å². The average molecular weight is 313 g/mol. The van der Waals surface area contributed by atoms with E-state index < -0.39 is 12.0 Å². The van der Waals surface area contributed by atoms with Gasteiger partial charge in [-0.15, -0.1) is 11.8 Å². The Bertz CT molecular complexity index is 472. The molecular formula is C13H19N3O4S. The predicted octanol–water partition coefficient (Wildman–Crippen LogP) is 0.166. The zero-order valence-corrected chi connectivity index (χ0v) is 12.5. The number of piperidine rings is 2. The number of likely N-dealkylation sites (tertiary alicyclic amines) is 1. The van der Waals surface area contributed by atoms with Gasteiger partial charge in [0.25, 0.3) is 0 Å². The molecule has 3 saturated heterocycles. The minimum Gasteiger partial charge on any atom is -0.480 e. The molecule has 8 heteroatoms. The fourth-order valence-electron chi connectivity index (χ4n) is 3.30. The van der Waals surface area contributed by atoms with Gasteiger partial charge >= 0.3 is 12.0 Å². The van der Waals surface area contributed by atoms with E-state index in [1.807, 2.05) is 0 Å². The van der Waals surface area contributed by atoms with E-state index in [1.165, 1.54) is 16.7 Å². The number of nitrogens with zero attached hydrogens (tertiary/aromatic N) is 2. The van der Waals surface area contributed by atoms with Gasteiger partial charge in [-0.05, 0) is 18.8 Å². The molecule has 116 valence electrons. The molecule has 3 atom stereocenters. The number of carbonyl (C=O) groups excluding carboxylic acids is 2. The van der Waals surface area contributed by atoms with Crippen molar-refractivity contribution in [2.75, 3.05) is 24.7 Å². The largest absolute Gasteiger partial charge is 0.480 e. The minimum absolute atomic E-state index is 0.0953. The van der Waals surface area contributed by atoms with Crippen LogP contribution in [0.15, 0.2) is 0 Å². The summed E-state index contributed by atoms with van der Waals surface area (Å²) >= 11 is 1.47. The lowest BCUT2D eigenvalue weighted by Gasteiger charge is -2.42. The van der Waals surface area contributed by atoms with Crippen molar-refractivity contribution in [3.05, 3.63) is 0 Å². The number of carbonyl (C=O) groups is 3. The van der Waals surface area contributed by atoms with Gasteiger partial charge in [0.15, 0.2) is 0 Å². The van der Waals surface area contributed by atoms with E-state index >= 15 is 0 Å². The molecule has 0 aromatic heterocycles. The van der Waals surface area contributed by atoms with Crippen LogP contribution in [0.3, 0.4) is 0 Å². The number of carboxylic acids is 1. The standard InChI is InChI=1S/C13H19N3O4S/c17-11-2-1-8-5-15(4-3-9(8)14-11)13(20)16-7-21-6-10(16)12(18)19/h8-10H,1-7H2,(H,14,17)(H,18,19). The SMILES string of the molecule is O=C1CCC2CN(C(=O)N3CSCC3C(=O)O)CCC2N1. The molecular weight excluding hydrogens is 294 g/mol. The fraction of sp³-hybridized carbons (Fsp3) is 0.769. The van der Waals surface area contributed by atoms with Crippen molar-refractivity contribution in [2.45, 2.75) is 31.3 Å². The highest BCUT2D eigenvalue weighted by molar-refractivity contribution is 7.99. The molecule has 0 radical (unpaired) electrons. The number of hydrogen-bond donors (Lipinski definition) is 2. The lowest BCUT2D eigenvalue weighted by Crippen LogP contribution is -2.58. The van der Waals surface area contributed by atoms with Crippen molar-refractivity contribution in [3.8, 4) is 0 Å². The van der Waals surface area contributed by atoms with Crippen LogP contribution in [0.1, 0.15) is 19.3 Å². The van der Waals surface area contributed by atoms with E-state index in [-0.39, 0.29) is 18.0 Å². The van der Waals surface area contributed by atoms with Crippen molar-refractivity contribution < 1.29 is 19.5 Å². The number of thioether (sulfide) groups is 1. The third-order valence-electron chi connectivity index (χ3n) is 4.51. The summed E-state index contributed by atoms with van der Waals surface area (Å²) in [6.07, 6.45) is 2.07. The Kier molecular flexibility index (Phi) is 3.97. The van der Waals surface area contributed by atoms with Gasteiger partial charge in [0, 0.05) is 31.3 Å². The monoisotopic (exact) mass is 313 g/mol. The van der Waals surface area contributed by atoms with Crippen molar-refractivity contribution >= 4 is 29.7 Å². The third kappa shape index (κ3) is 2.81. The number of nitrogens with one attached hydrogen (secondary N) is 1.